The standard InChI is InChI=1S/C15H19N3O/c1-15(2,3)13(16)14(19)18-12-6-4-5-10-9-17-8-7-11(10)12/h4-9,13H,16H2,1-3H3,(H,18,19)/t13-/m0/s1. The van der Waals surface area contributed by atoms with Crippen LogP contribution in [0.5, 0.6) is 0 Å². The second-order valence-electron chi connectivity index (χ2n) is 5.74. The van der Waals surface area contributed by atoms with E-state index in [-0.39, 0.29) is 11.3 Å². The van der Waals surface area contributed by atoms with Crippen LogP contribution in [0, 0.1) is 5.41 Å². The van der Waals surface area contributed by atoms with Gasteiger partial charge in [-0.3, -0.25) is 9.78 Å². The van der Waals surface area contributed by atoms with Gasteiger partial charge in [0.25, 0.3) is 0 Å². The number of amides is 1. The summed E-state index contributed by atoms with van der Waals surface area (Å²) in [6, 6.07) is 7.05. The second kappa shape index (κ2) is 4.97. The largest absolute Gasteiger partial charge is 0.324 e. The highest BCUT2D eigenvalue weighted by molar-refractivity contribution is 6.03. The van der Waals surface area contributed by atoms with Gasteiger partial charge in [0.05, 0.1) is 6.04 Å². The Morgan fingerprint density at radius 1 is 1.32 bits per heavy atom. The van der Waals surface area contributed by atoms with E-state index >= 15 is 0 Å². The molecular formula is C15H19N3O. The molecule has 0 unspecified atom stereocenters. The maximum absolute atomic E-state index is 12.2. The fourth-order valence-corrected chi connectivity index (χ4v) is 1.84. The summed E-state index contributed by atoms with van der Waals surface area (Å²) in [4.78, 5) is 16.2. The predicted octanol–water partition coefficient (Wildman–Crippen LogP) is 2.55. The summed E-state index contributed by atoms with van der Waals surface area (Å²) in [6.45, 7) is 5.85. The van der Waals surface area contributed by atoms with Gasteiger partial charge in [0.1, 0.15) is 0 Å². The van der Waals surface area contributed by atoms with Crippen molar-refractivity contribution in [3.8, 4) is 0 Å². The Balaban J connectivity index is 2.29. The highest BCUT2D eigenvalue weighted by Crippen LogP contribution is 2.24. The number of nitrogens with zero attached hydrogens (tertiary/aromatic N) is 1. The Morgan fingerprint density at radius 2 is 2.05 bits per heavy atom. The van der Waals surface area contributed by atoms with Crippen LogP contribution in [-0.2, 0) is 4.79 Å². The van der Waals surface area contributed by atoms with Crippen LogP contribution >= 0.6 is 0 Å². The third-order valence-corrected chi connectivity index (χ3v) is 3.15. The molecule has 19 heavy (non-hydrogen) atoms. The average Bonchev–Trinajstić information content (AvgIpc) is 2.37. The Kier molecular flexibility index (Phi) is 3.53. The van der Waals surface area contributed by atoms with Crippen LogP contribution in [0.25, 0.3) is 10.8 Å². The van der Waals surface area contributed by atoms with E-state index in [1.54, 1.807) is 12.4 Å². The minimum Gasteiger partial charge on any atom is -0.324 e. The molecule has 100 valence electrons. The number of hydrogen-bond acceptors (Lipinski definition) is 3. The Hall–Kier alpha value is -1.94. The topological polar surface area (TPSA) is 68.0 Å². The molecule has 0 aliphatic carbocycles. The van der Waals surface area contributed by atoms with Crippen LogP contribution in [0.3, 0.4) is 0 Å². The number of carbonyl (C=O) groups excluding carboxylic acids is 1. The van der Waals surface area contributed by atoms with E-state index in [4.69, 9.17) is 5.73 Å². The number of carbonyl (C=O) groups is 1. The summed E-state index contributed by atoms with van der Waals surface area (Å²) >= 11 is 0. The van der Waals surface area contributed by atoms with E-state index in [1.807, 2.05) is 45.0 Å². The van der Waals surface area contributed by atoms with Crippen molar-refractivity contribution in [3.63, 3.8) is 0 Å². The number of rotatable bonds is 2. The summed E-state index contributed by atoms with van der Waals surface area (Å²) < 4.78 is 0. The minimum absolute atomic E-state index is 0.170. The lowest BCUT2D eigenvalue weighted by Crippen LogP contribution is -2.45. The first kappa shape index (κ1) is 13.5. The summed E-state index contributed by atoms with van der Waals surface area (Å²) in [5, 5.41) is 4.85. The number of hydrogen-bond donors (Lipinski definition) is 2. The van der Waals surface area contributed by atoms with Gasteiger partial charge in [0, 0.05) is 28.9 Å². The van der Waals surface area contributed by atoms with Crippen LogP contribution < -0.4 is 11.1 Å². The minimum atomic E-state index is -0.551. The molecule has 1 atom stereocenters. The smallest absolute Gasteiger partial charge is 0.241 e. The van der Waals surface area contributed by atoms with Gasteiger partial charge in [0.2, 0.25) is 5.91 Å². The zero-order valence-corrected chi connectivity index (χ0v) is 11.5. The van der Waals surface area contributed by atoms with Crippen molar-refractivity contribution in [3.05, 3.63) is 36.7 Å². The Bertz CT molecular complexity index is 596. The second-order valence-corrected chi connectivity index (χ2v) is 5.74. The van der Waals surface area contributed by atoms with Gasteiger partial charge in [-0.1, -0.05) is 32.9 Å². The van der Waals surface area contributed by atoms with Crippen LogP contribution in [0.2, 0.25) is 0 Å². The Labute approximate surface area is 113 Å². The first-order chi connectivity index (χ1) is 8.89. The van der Waals surface area contributed by atoms with E-state index in [2.05, 4.69) is 10.3 Å². The summed E-state index contributed by atoms with van der Waals surface area (Å²) in [6.07, 6.45) is 3.48. The SMILES string of the molecule is CC(C)(C)[C@@H](N)C(=O)Nc1cccc2cnccc12. The molecule has 4 heteroatoms. The Morgan fingerprint density at radius 3 is 2.74 bits per heavy atom. The first-order valence-electron chi connectivity index (χ1n) is 6.29. The normalized spacial score (nSPS) is 13.3. The number of anilines is 1. The fraction of sp³-hybridized carbons (Fsp3) is 0.333. The molecule has 0 aliphatic rings. The van der Waals surface area contributed by atoms with Crippen molar-refractivity contribution in [2.75, 3.05) is 5.32 Å². The lowest BCUT2D eigenvalue weighted by atomic mass is 9.87. The van der Waals surface area contributed by atoms with E-state index < -0.39 is 6.04 Å². The molecule has 1 aromatic heterocycles. The number of aromatic nitrogens is 1. The van der Waals surface area contributed by atoms with Crippen molar-refractivity contribution < 1.29 is 4.79 Å². The van der Waals surface area contributed by atoms with Gasteiger partial charge >= 0.3 is 0 Å². The highest BCUT2D eigenvalue weighted by Gasteiger charge is 2.27. The molecule has 3 N–H and O–H groups in total. The molecule has 2 rings (SSSR count). The van der Waals surface area contributed by atoms with E-state index in [0.29, 0.717) is 0 Å². The van der Waals surface area contributed by atoms with Crippen LogP contribution in [-0.4, -0.2) is 16.9 Å². The van der Waals surface area contributed by atoms with E-state index in [9.17, 15) is 4.79 Å². The third-order valence-electron chi connectivity index (χ3n) is 3.15. The molecule has 0 fully saturated rings. The number of nitrogens with one attached hydrogen (secondary N) is 1. The monoisotopic (exact) mass is 257 g/mol. The summed E-state index contributed by atoms with van der Waals surface area (Å²) in [7, 11) is 0. The van der Waals surface area contributed by atoms with E-state index in [1.165, 1.54) is 0 Å². The molecular weight excluding hydrogens is 238 g/mol. The molecule has 0 radical (unpaired) electrons. The maximum Gasteiger partial charge on any atom is 0.241 e. The third kappa shape index (κ3) is 2.90. The molecule has 1 aromatic carbocycles. The van der Waals surface area contributed by atoms with Crippen LogP contribution in [0.1, 0.15) is 20.8 Å². The molecule has 0 saturated carbocycles. The fourth-order valence-electron chi connectivity index (χ4n) is 1.84. The van der Waals surface area contributed by atoms with Gasteiger partial charge < -0.3 is 11.1 Å². The van der Waals surface area contributed by atoms with Crippen molar-refractivity contribution in [1.29, 1.82) is 0 Å². The van der Waals surface area contributed by atoms with Gasteiger partial charge in [-0.15, -0.1) is 0 Å². The van der Waals surface area contributed by atoms with Crippen molar-refractivity contribution in [1.82, 2.24) is 4.98 Å². The number of nitrogens with two attached hydrogens (primary N) is 1. The first-order valence-corrected chi connectivity index (χ1v) is 6.29. The molecule has 0 bridgehead atoms. The summed E-state index contributed by atoms with van der Waals surface area (Å²) in [5.74, 6) is -0.170. The maximum atomic E-state index is 12.2. The van der Waals surface area contributed by atoms with Crippen molar-refractivity contribution in [2.45, 2.75) is 26.8 Å². The molecule has 0 saturated heterocycles. The zero-order valence-electron chi connectivity index (χ0n) is 11.5. The molecule has 0 spiro atoms. The molecule has 0 aliphatic heterocycles. The highest BCUT2D eigenvalue weighted by atomic mass is 16.2. The average molecular weight is 257 g/mol. The quantitative estimate of drug-likeness (QED) is 0.868. The van der Waals surface area contributed by atoms with E-state index in [0.717, 1.165) is 16.5 Å². The zero-order chi connectivity index (χ0) is 14.0. The molecule has 2 aromatic rings. The molecule has 1 amide bonds. The van der Waals surface area contributed by atoms with Crippen molar-refractivity contribution in [2.24, 2.45) is 11.1 Å². The molecule has 1 heterocycles. The van der Waals surface area contributed by atoms with Gasteiger partial charge in [-0.05, 0) is 17.5 Å². The number of fused-ring (bicyclic) bond motifs is 1. The van der Waals surface area contributed by atoms with Crippen LogP contribution in [0.15, 0.2) is 36.7 Å². The lowest BCUT2D eigenvalue weighted by Gasteiger charge is -2.26. The lowest BCUT2D eigenvalue weighted by molar-refractivity contribution is -0.119. The molecule has 4 nitrogen and oxygen atoms in total. The predicted molar refractivity (Wildman–Crippen MR) is 77.8 cm³/mol. The van der Waals surface area contributed by atoms with Gasteiger partial charge in [0.15, 0.2) is 0 Å². The van der Waals surface area contributed by atoms with Gasteiger partial charge in [-0.2, -0.15) is 0 Å². The number of benzene rings is 1. The van der Waals surface area contributed by atoms with Crippen LogP contribution in [0.4, 0.5) is 5.69 Å². The van der Waals surface area contributed by atoms with Crippen molar-refractivity contribution >= 4 is 22.4 Å². The summed E-state index contributed by atoms with van der Waals surface area (Å²) in [5.41, 5.74) is 6.46. The van der Waals surface area contributed by atoms with Gasteiger partial charge in [-0.25, -0.2) is 0 Å². The number of pyridine rings is 1.